The average Bonchev–Trinajstić information content (AvgIpc) is 1.98. The van der Waals surface area contributed by atoms with E-state index in [2.05, 4.69) is 9.39 Å². The van der Waals surface area contributed by atoms with Crippen molar-refractivity contribution in [3.8, 4) is 0 Å². The van der Waals surface area contributed by atoms with Crippen molar-refractivity contribution in [3.63, 3.8) is 0 Å². The fraction of sp³-hybridized carbons (Fsp3) is 1.00. The van der Waals surface area contributed by atoms with Crippen molar-refractivity contribution in [2.45, 2.75) is 18.7 Å². The van der Waals surface area contributed by atoms with Crippen LogP contribution in [0, 0.1) is 0 Å². The number of rotatable bonds is 0. The lowest BCUT2D eigenvalue weighted by Gasteiger charge is -2.15. The number of hydrogen-bond acceptors (Lipinski definition) is 3. The van der Waals surface area contributed by atoms with E-state index in [4.69, 9.17) is 10.8 Å². The molecular formula is C4H11N2OP. The Hall–Kier alpha value is 0.310. The van der Waals surface area contributed by atoms with E-state index in [0.717, 1.165) is 13.0 Å². The standard InChI is InChI=1S/C4H11N2OP/c5-4-3(7)1-2-6(4)8/h3-4,7H,1-2,5,8H2. The van der Waals surface area contributed by atoms with Gasteiger partial charge in [0.05, 0.1) is 12.3 Å². The first-order valence-corrected chi connectivity index (χ1v) is 3.18. The quantitative estimate of drug-likeness (QED) is 0.423. The number of hydrogen-bond donors (Lipinski definition) is 2. The van der Waals surface area contributed by atoms with Crippen molar-refractivity contribution < 1.29 is 5.11 Å². The number of aliphatic hydroxyl groups is 1. The summed E-state index contributed by atoms with van der Waals surface area (Å²) in [5.74, 6) is 0. The first-order chi connectivity index (χ1) is 3.72. The Kier molecular flexibility index (Phi) is 1.83. The summed E-state index contributed by atoms with van der Waals surface area (Å²) in [6.45, 7) is 0.882. The Morgan fingerprint density at radius 2 is 2.38 bits per heavy atom. The van der Waals surface area contributed by atoms with Crippen LogP contribution in [0.3, 0.4) is 0 Å². The molecule has 48 valence electrons. The molecule has 0 spiro atoms. The summed E-state index contributed by atoms with van der Waals surface area (Å²) < 4.78 is 1.87. The van der Waals surface area contributed by atoms with Gasteiger partial charge in [0.25, 0.3) is 0 Å². The van der Waals surface area contributed by atoms with Crippen LogP contribution in [0.5, 0.6) is 0 Å². The largest absolute Gasteiger partial charge is 0.390 e. The molecular weight excluding hydrogens is 123 g/mol. The summed E-state index contributed by atoms with van der Waals surface area (Å²) in [7, 11) is 2.48. The van der Waals surface area contributed by atoms with Gasteiger partial charge in [0.1, 0.15) is 0 Å². The molecule has 4 heteroatoms. The van der Waals surface area contributed by atoms with Crippen LogP contribution in [0.1, 0.15) is 6.42 Å². The Bertz CT molecular complexity index is 80.1. The lowest BCUT2D eigenvalue weighted by Crippen LogP contribution is -2.37. The topological polar surface area (TPSA) is 49.5 Å². The highest BCUT2D eigenvalue weighted by Crippen LogP contribution is 2.16. The van der Waals surface area contributed by atoms with Crippen LogP contribution in [-0.2, 0) is 0 Å². The van der Waals surface area contributed by atoms with Gasteiger partial charge in [0.15, 0.2) is 0 Å². The van der Waals surface area contributed by atoms with E-state index in [1.807, 2.05) is 4.67 Å². The molecule has 0 aromatic heterocycles. The molecule has 1 fully saturated rings. The van der Waals surface area contributed by atoms with Gasteiger partial charge in [-0.15, -0.1) is 0 Å². The lowest BCUT2D eigenvalue weighted by molar-refractivity contribution is 0.147. The van der Waals surface area contributed by atoms with Gasteiger partial charge in [-0.1, -0.05) is 9.39 Å². The SMILES string of the molecule is NC1C(O)CCN1P. The first-order valence-electron chi connectivity index (χ1n) is 2.67. The maximum atomic E-state index is 8.99. The summed E-state index contributed by atoms with van der Waals surface area (Å²) in [6, 6.07) is 0. The van der Waals surface area contributed by atoms with E-state index in [-0.39, 0.29) is 12.3 Å². The minimum Gasteiger partial charge on any atom is -0.390 e. The Morgan fingerprint density at radius 1 is 1.75 bits per heavy atom. The summed E-state index contributed by atoms with van der Waals surface area (Å²) in [5, 5.41) is 8.99. The van der Waals surface area contributed by atoms with E-state index in [9.17, 15) is 0 Å². The number of aliphatic hydroxyl groups excluding tert-OH is 1. The van der Waals surface area contributed by atoms with Crippen molar-refractivity contribution >= 4 is 9.39 Å². The average molecular weight is 134 g/mol. The van der Waals surface area contributed by atoms with Gasteiger partial charge in [-0.05, 0) is 6.42 Å². The van der Waals surface area contributed by atoms with Crippen LogP contribution in [0.25, 0.3) is 0 Å². The van der Waals surface area contributed by atoms with Gasteiger partial charge < -0.3 is 10.8 Å². The van der Waals surface area contributed by atoms with Crippen LogP contribution < -0.4 is 5.73 Å². The van der Waals surface area contributed by atoms with Crippen LogP contribution in [0.4, 0.5) is 0 Å². The van der Waals surface area contributed by atoms with Crippen LogP contribution in [-0.4, -0.2) is 28.6 Å². The molecule has 3 N–H and O–H groups in total. The first kappa shape index (κ1) is 6.43. The molecule has 0 aliphatic carbocycles. The van der Waals surface area contributed by atoms with Crippen LogP contribution in [0.2, 0.25) is 0 Å². The molecule has 0 saturated carbocycles. The molecule has 0 amide bonds. The smallest absolute Gasteiger partial charge is 0.0869 e. The maximum absolute atomic E-state index is 8.99. The highest BCUT2D eigenvalue weighted by atomic mass is 31.0. The molecule has 1 saturated heterocycles. The molecule has 0 aromatic carbocycles. The van der Waals surface area contributed by atoms with Crippen molar-refractivity contribution in [2.75, 3.05) is 6.54 Å². The number of nitrogens with zero attached hydrogens (tertiary/aromatic N) is 1. The predicted molar refractivity (Wildman–Crippen MR) is 35.0 cm³/mol. The molecule has 8 heavy (non-hydrogen) atoms. The minimum atomic E-state index is -0.326. The Morgan fingerprint density at radius 3 is 2.50 bits per heavy atom. The van der Waals surface area contributed by atoms with Gasteiger partial charge in [-0.3, -0.25) is 4.67 Å². The third kappa shape index (κ3) is 1.00. The van der Waals surface area contributed by atoms with E-state index in [1.54, 1.807) is 0 Å². The van der Waals surface area contributed by atoms with Gasteiger partial charge in [0.2, 0.25) is 0 Å². The normalized spacial score (nSPS) is 40.9. The van der Waals surface area contributed by atoms with Crippen molar-refractivity contribution in [2.24, 2.45) is 5.73 Å². The van der Waals surface area contributed by atoms with E-state index >= 15 is 0 Å². The Balaban J connectivity index is 2.44. The van der Waals surface area contributed by atoms with E-state index in [0.29, 0.717) is 0 Å². The van der Waals surface area contributed by atoms with Gasteiger partial charge in [0, 0.05) is 6.54 Å². The molecule has 1 aliphatic heterocycles. The van der Waals surface area contributed by atoms with Crippen molar-refractivity contribution in [1.82, 2.24) is 4.67 Å². The second-order valence-corrected chi connectivity index (χ2v) is 2.75. The summed E-state index contributed by atoms with van der Waals surface area (Å²) in [5.41, 5.74) is 5.48. The Labute approximate surface area is 51.1 Å². The summed E-state index contributed by atoms with van der Waals surface area (Å²) in [4.78, 5) is 0. The minimum absolute atomic E-state index is 0.167. The molecule has 1 aliphatic rings. The third-order valence-electron chi connectivity index (χ3n) is 1.46. The predicted octanol–water partition coefficient (Wildman–Crippen LogP) is -0.872. The van der Waals surface area contributed by atoms with Crippen molar-refractivity contribution in [3.05, 3.63) is 0 Å². The molecule has 0 aromatic rings. The highest BCUT2D eigenvalue weighted by Gasteiger charge is 2.25. The lowest BCUT2D eigenvalue weighted by atomic mass is 10.3. The zero-order chi connectivity index (χ0) is 6.15. The van der Waals surface area contributed by atoms with E-state index < -0.39 is 0 Å². The van der Waals surface area contributed by atoms with Crippen LogP contribution >= 0.6 is 9.39 Å². The number of nitrogens with two attached hydrogens (primary N) is 1. The molecule has 3 atom stereocenters. The zero-order valence-corrected chi connectivity index (χ0v) is 5.77. The highest BCUT2D eigenvalue weighted by molar-refractivity contribution is 7.13. The molecule has 0 bridgehead atoms. The van der Waals surface area contributed by atoms with Gasteiger partial charge >= 0.3 is 0 Å². The van der Waals surface area contributed by atoms with Crippen molar-refractivity contribution in [1.29, 1.82) is 0 Å². The molecule has 3 unspecified atom stereocenters. The fourth-order valence-corrected chi connectivity index (χ4v) is 1.17. The maximum Gasteiger partial charge on any atom is 0.0869 e. The molecule has 0 radical (unpaired) electrons. The summed E-state index contributed by atoms with van der Waals surface area (Å²) >= 11 is 0. The van der Waals surface area contributed by atoms with Gasteiger partial charge in [-0.2, -0.15) is 0 Å². The second kappa shape index (κ2) is 2.28. The zero-order valence-electron chi connectivity index (χ0n) is 4.62. The molecule has 1 rings (SSSR count). The van der Waals surface area contributed by atoms with E-state index in [1.165, 1.54) is 0 Å². The second-order valence-electron chi connectivity index (χ2n) is 2.08. The third-order valence-corrected chi connectivity index (χ3v) is 2.06. The molecule has 3 nitrogen and oxygen atoms in total. The van der Waals surface area contributed by atoms with Gasteiger partial charge in [-0.25, -0.2) is 0 Å². The monoisotopic (exact) mass is 134 g/mol. The fourth-order valence-electron chi connectivity index (χ4n) is 0.822. The molecule has 1 heterocycles. The summed E-state index contributed by atoms with van der Waals surface area (Å²) in [6.07, 6.45) is 0.303. The van der Waals surface area contributed by atoms with Crippen LogP contribution in [0.15, 0.2) is 0 Å².